The van der Waals surface area contributed by atoms with Crippen molar-refractivity contribution in [2.24, 2.45) is 0 Å². The van der Waals surface area contributed by atoms with Crippen LogP contribution >= 0.6 is 0 Å². The molecule has 274 valence electrons. The van der Waals surface area contributed by atoms with Crippen LogP contribution < -0.4 is 25.9 Å². The van der Waals surface area contributed by atoms with Crippen LogP contribution in [0.5, 0.6) is 23.0 Å². The molecule has 0 N–H and O–H groups in total. The van der Waals surface area contributed by atoms with Gasteiger partial charge in [0.2, 0.25) is 0 Å². The average molecular weight is 720 g/mol. The molecule has 0 amide bonds. The Hall–Kier alpha value is -4.44. The summed E-state index contributed by atoms with van der Waals surface area (Å²) in [5.74, 6) is 6.92. The highest BCUT2D eigenvalue weighted by Crippen LogP contribution is 2.60. The number of benzene rings is 5. The number of rotatable bonds is 1. The van der Waals surface area contributed by atoms with Crippen molar-refractivity contribution in [3.63, 3.8) is 0 Å². The molecule has 1 aromatic heterocycles. The number of hydrogen-bond acceptors (Lipinski definition) is 2. The van der Waals surface area contributed by atoms with Crippen LogP contribution in [0.1, 0.15) is 156 Å². The van der Waals surface area contributed by atoms with E-state index in [-0.39, 0.29) is 12.1 Å². The van der Waals surface area contributed by atoms with Crippen molar-refractivity contribution in [3.8, 4) is 28.7 Å². The van der Waals surface area contributed by atoms with Crippen molar-refractivity contribution < 1.29 is 9.47 Å². The van der Waals surface area contributed by atoms with Crippen molar-refractivity contribution >= 4 is 44.9 Å². The molecule has 5 aromatic carbocycles. The number of fused-ring (bicyclic) bond motifs is 7. The Morgan fingerprint density at radius 2 is 0.964 bits per heavy atom. The van der Waals surface area contributed by atoms with Gasteiger partial charge in [0.1, 0.15) is 23.0 Å². The Kier molecular flexibility index (Phi) is 5.83. The van der Waals surface area contributed by atoms with Gasteiger partial charge in [-0.3, -0.25) is 0 Å². The first-order valence-electron chi connectivity index (χ1n) is 21.5. The molecule has 55 heavy (non-hydrogen) atoms. The minimum absolute atomic E-state index is 0.115. The van der Waals surface area contributed by atoms with E-state index in [2.05, 4.69) is 96.4 Å². The fraction of sp³-hybridized carbons (Fsp3) is 0.412. The molecule has 9 aliphatic rings. The molecule has 0 unspecified atom stereocenters. The zero-order valence-corrected chi connectivity index (χ0v) is 33.8. The molecule has 4 heteroatoms. The molecule has 4 bridgehead atoms. The first-order valence-corrected chi connectivity index (χ1v) is 21.5. The molecule has 0 saturated heterocycles. The molecule has 2 fully saturated rings. The van der Waals surface area contributed by atoms with Gasteiger partial charge < -0.3 is 14.0 Å². The third kappa shape index (κ3) is 3.64. The van der Waals surface area contributed by atoms with Gasteiger partial charge in [-0.25, -0.2) is 0 Å². The van der Waals surface area contributed by atoms with Gasteiger partial charge in [-0.05, 0) is 196 Å². The molecule has 4 heterocycles. The van der Waals surface area contributed by atoms with Crippen molar-refractivity contribution in [2.45, 2.75) is 136 Å². The molecule has 0 spiro atoms. The molecule has 6 aliphatic carbocycles. The minimum atomic E-state index is -0.115. The zero-order valence-electron chi connectivity index (χ0n) is 33.8. The maximum absolute atomic E-state index is 7.53. The molecule has 3 nitrogen and oxygen atoms in total. The molecular weight excluding hydrogens is 669 g/mol. The smallest absolute Gasteiger partial charge is 0.261 e. The van der Waals surface area contributed by atoms with E-state index in [0.717, 1.165) is 23.0 Å². The second-order valence-corrected chi connectivity index (χ2v) is 19.7. The number of hydrogen-bond donors (Lipinski definition) is 0. The summed E-state index contributed by atoms with van der Waals surface area (Å²) in [4.78, 5) is 0. The lowest BCUT2D eigenvalue weighted by Gasteiger charge is -2.52. The van der Waals surface area contributed by atoms with Gasteiger partial charge in [0, 0.05) is 32.8 Å². The van der Waals surface area contributed by atoms with Gasteiger partial charge in [-0.15, -0.1) is 0 Å². The Morgan fingerprint density at radius 3 is 1.40 bits per heavy atom. The molecule has 3 aliphatic heterocycles. The Labute approximate surface area is 325 Å². The van der Waals surface area contributed by atoms with Gasteiger partial charge in [0.25, 0.3) is 6.71 Å². The SMILES string of the molecule is Cc1cc(C)c2c(c1)c1cc(C)cc(C)c1n2-c1c(C)c2c3c(c1C)Oc1cc4c(c5c1B3c1c(cc3c(c1C5(C)C)C1CCC3CC1)O2)C1CCC4CC1. The summed E-state index contributed by atoms with van der Waals surface area (Å²) >= 11 is 0. The predicted molar refractivity (Wildman–Crippen MR) is 227 cm³/mol. The molecule has 0 radical (unpaired) electrons. The van der Waals surface area contributed by atoms with Crippen LogP contribution in [0.15, 0.2) is 36.4 Å². The van der Waals surface area contributed by atoms with Crippen LogP contribution in [0.25, 0.3) is 27.5 Å². The van der Waals surface area contributed by atoms with Crippen molar-refractivity contribution in [2.75, 3.05) is 0 Å². The van der Waals surface area contributed by atoms with Crippen LogP contribution in [-0.2, 0) is 5.41 Å². The number of aromatic nitrogens is 1. The fourth-order valence-corrected chi connectivity index (χ4v) is 14.4. The summed E-state index contributed by atoms with van der Waals surface area (Å²) in [6.45, 7) is 19.0. The lowest BCUT2D eigenvalue weighted by atomic mass is 9.28. The summed E-state index contributed by atoms with van der Waals surface area (Å²) in [6.07, 6.45) is 10.6. The van der Waals surface area contributed by atoms with Crippen LogP contribution in [0.2, 0.25) is 0 Å². The Bertz CT molecular complexity index is 2650. The first kappa shape index (κ1) is 31.7. The zero-order chi connectivity index (χ0) is 37.1. The van der Waals surface area contributed by atoms with Crippen LogP contribution in [0, 0.1) is 41.5 Å². The molecule has 2 saturated carbocycles. The summed E-state index contributed by atoms with van der Waals surface area (Å²) < 4.78 is 17.7. The second kappa shape index (κ2) is 10.1. The third-order valence-electron chi connectivity index (χ3n) is 16.2. The van der Waals surface area contributed by atoms with Gasteiger partial charge in [0.05, 0.1) is 16.7 Å². The Balaban J connectivity index is 1.18. The number of aryl methyl sites for hydroxylation is 4. The maximum atomic E-state index is 7.53. The average Bonchev–Trinajstić information content (AvgIpc) is 3.49. The normalized spacial score (nSPS) is 23.8. The highest BCUT2D eigenvalue weighted by Gasteiger charge is 2.56. The van der Waals surface area contributed by atoms with E-state index >= 15 is 0 Å². The van der Waals surface area contributed by atoms with E-state index in [1.54, 1.807) is 33.4 Å². The third-order valence-corrected chi connectivity index (χ3v) is 16.2. The van der Waals surface area contributed by atoms with Gasteiger partial charge in [-0.1, -0.05) is 37.1 Å². The monoisotopic (exact) mass is 719 g/mol. The molecular formula is C51H50BNO2. The van der Waals surface area contributed by atoms with E-state index in [9.17, 15) is 0 Å². The number of nitrogens with zero attached hydrogens (tertiary/aromatic N) is 1. The van der Waals surface area contributed by atoms with Crippen LogP contribution in [0.4, 0.5) is 0 Å². The largest absolute Gasteiger partial charge is 0.458 e. The topological polar surface area (TPSA) is 23.4 Å². The summed E-state index contributed by atoms with van der Waals surface area (Å²) in [6, 6.07) is 14.6. The maximum Gasteiger partial charge on any atom is 0.261 e. The van der Waals surface area contributed by atoms with E-state index in [1.165, 1.54) is 129 Å². The van der Waals surface area contributed by atoms with E-state index < -0.39 is 0 Å². The standard InChI is InChI=1S/C51H50BNO2/c1-23-17-25(3)46-35(19-23)36-20-24(2)18-26(4)47(36)53(46)48-27(5)49-45-50(28(48)6)55-38-22-34-30-11-15-32(16-12-30)40(34)42-44(38)52(45)43-37(54-49)21-33-29-9-13-31(14-10-29)39(33)41(43)51(42,7)8/h17-22,29-32H,9-16H2,1-8H3. The second-order valence-electron chi connectivity index (χ2n) is 19.7. The van der Waals surface area contributed by atoms with Gasteiger partial charge in [0.15, 0.2) is 0 Å². The summed E-state index contributed by atoms with van der Waals surface area (Å²) in [5, 5.41) is 2.66. The number of ether oxygens (including phenoxy) is 2. The van der Waals surface area contributed by atoms with Gasteiger partial charge >= 0.3 is 0 Å². The lowest BCUT2D eigenvalue weighted by Crippen LogP contribution is -2.65. The predicted octanol–water partition coefficient (Wildman–Crippen LogP) is 11.5. The minimum Gasteiger partial charge on any atom is -0.458 e. The van der Waals surface area contributed by atoms with E-state index in [0.29, 0.717) is 23.7 Å². The first-order chi connectivity index (χ1) is 26.5. The van der Waals surface area contributed by atoms with Gasteiger partial charge in [-0.2, -0.15) is 0 Å². The molecule has 0 atom stereocenters. The van der Waals surface area contributed by atoms with Crippen molar-refractivity contribution in [1.29, 1.82) is 0 Å². The van der Waals surface area contributed by atoms with Crippen molar-refractivity contribution in [1.82, 2.24) is 4.57 Å². The quantitative estimate of drug-likeness (QED) is 0.158. The highest BCUT2D eigenvalue weighted by atomic mass is 16.5. The molecule has 6 aromatic rings. The summed E-state index contributed by atoms with van der Waals surface area (Å²) in [5.41, 5.74) is 25.4. The lowest BCUT2D eigenvalue weighted by molar-refractivity contribution is 0.344. The molecule has 15 rings (SSSR count). The van der Waals surface area contributed by atoms with Crippen molar-refractivity contribution in [3.05, 3.63) is 103 Å². The van der Waals surface area contributed by atoms with E-state index in [1.807, 2.05) is 0 Å². The van der Waals surface area contributed by atoms with E-state index in [4.69, 9.17) is 9.47 Å². The summed E-state index contributed by atoms with van der Waals surface area (Å²) in [7, 11) is 0. The highest BCUT2D eigenvalue weighted by molar-refractivity contribution is 6.99. The van der Waals surface area contributed by atoms with Crippen LogP contribution in [-0.4, -0.2) is 11.3 Å². The Morgan fingerprint density at radius 1 is 0.545 bits per heavy atom. The fourth-order valence-electron chi connectivity index (χ4n) is 14.4. The van der Waals surface area contributed by atoms with Crippen LogP contribution in [0.3, 0.4) is 0 Å².